The molecule has 0 aliphatic heterocycles. The van der Waals surface area contributed by atoms with E-state index in [0.717, 1.165) is 6.42 Å². The molecule has 1 fully saturated rings. The lowest BCUT2D eigenvalue weighted by Crippen LogP contribution is -2.26. The summed E-state index contributed by atoms with van der Waals surface area (Å²) in [6.45, 7) is 4.27. The van der Waals surface area contributed by atoms with Crippen LogP contribution in [0.2, 0.25) is 5.02 Å². The van der Waals surface area contributed by atoms with Crippen molar-refractivity contribution in [3.63, 3.8) is 0 Å². The van der Waals surface area contributed by atoms with Crippen molar-refractivity contribution in [2.45, 2.75) is 25.2 Å². The van der Waals surface area contributed by atoms with Crippen molar-refractivity contribution < 1.29 is 13.2 Å². The molecular weight excluding hydrogens is 300 g/mol. The van der Waals surface area contributed by atoms with Crippen LogP contribution >= 0.6 is 11.6 Å². The number of halogens is 1. The highest BCUT2D eigenvalue weighted by molar-refractivity contribution is 7.89. The maximum absolute atomic E-state index is 12.0. The number of carbonyl (C=O) groups is 1. The van der Waals surface area contributed by atoms with Crippen LogP contribution in [0.5, 0.6) is 0 Å². The summed E-state index contributed by atoms with van der Waals surface area (Å²) in [5.41, 5.74) is 0.555. The zero-order valence-corrected chi connectivity index (χ0v) is 12.9. The summed E-state index contributed by atoms with van der Waals surface area (Å²) < 4.78 is 23.0. The van der Waals surface area contributed by atoms with Crippen LogP contribution in [-0.2, 0) is 10.0 Å². The molecule has 1 amide bonds. The third kappa shape index (κ3) is 3.31. The van der Waals surface area contributed by atoms with Crippen LogP contribution in [-0.4, -0.2) is 20.9 Å². The normalized spacial score (nSPS) is 21.6. The molecule has 3 N–H and O–H groups in total. The Bertz CT molecular complexity index is 658. The molecule has 0 spiro atoms. The van der Waals surface area contributed by atoms with E-state index in [9.17, 15) is 13.2 Å². The third-order valence-electron chi connectivity index (χ3n) is 3.67. The summed E-state index contributed by atoms with van der Waals surface area (Å²) in [5, 5.41) is 8.12. The van der Waals surface area contributed by atoms with Crippen molar-refractivity contribution in [1.82, 2.24) is 5.32 Å². The van der Waals surface area contributed by atoms with E-state index >= 15 is 0 Å². The molecule has 1 aromatic carbocycles. The first-order chi connectivity index (χ1) is 9.20. The SMILES string of the molecule is Cc1c(Cl)cc(C(=O)NCC2CC2C)cc1S(N)(=O)=O. The number of nitrogens with one attached hydrogen (secondary N) is 1. The van der Waals surface area contributed by atoms with Gasteiger partial charge in [-0.1, -0.05) is 18.5 Å². The molecule has 5 nitrogen and oxygen atoms in total. The smallest absolute Gasteiger partial charge is 0.251 e. The van der Waals surface area contributed by atoms with Gasteiger partial charge in [0.05, 0.1) is 4.90 Å². The predicted molar refractivity (Wildman–Crippen MR) is 77.2 cm³/mol. The molecular formula is C13H17ClN2O3S. The number of sulfonamides is 1. The van der Waals surface area contributed by atoms with Gasteiger partial charge in [0.25, 0.3) is 5.91 Å². The van der Waals surface area contributed by atoms with Crippen molar-refractivity contribution in [3.8, 4) is 0 Å². The zero-order chi connectivity index (χ0) is 15.1. The Labute approximate surface area is 123 Å². The molecule has 110 valence electrons. The fraction of sp³-hybridized carbons (Fsp3) is 0.462. The fourth-order valence-electron chi connectivity index (χ4n) is 2.09. The lowest BCUT2D eigenvalue weighted by Gasteiger charge is -2.10. The minimum Gasteiger partial charge on any atom is -0.352 e. The third-order valence-corrected chi connectivity index (χ3v) is 5.10. The van der Waals surface area contributed by atoms with Crippen molar-refractivity contribution in [2.24, 2.45) is 17.0 Å². The van der Waals surface area contributed by atoms with Crippen molar-refractivity contribution in [3.05, 3.63) is 28.3 Å². The lowest BCUT2D eigenvalue weighted by molar-refractivity contribution is 0.0951. The van der Waals surface area contributed by atoms with E-state index in [1.54, 1.807) is 6.92 Å². The van der Waals surface area contributed by atoms with Crippen LogP contribution in [0.4, 0.5) is 0 Å². The van der Waals surface area contributed by atoms with E-state index < -0.39 is 10.0 Å². The molecule has 20 heavy (non-hydrogen) atoms. The van der Waals surface area contributed by atoms with Gasteiger partial charge in [0.2, 0.25) is 10.0 Å². The average Bonchev–Trinajstić information content (AvgIpc) is 3.04. The molecule has 0 heterocycles. The molecule has 1 saturated carbocycles. The predicted octanol–water partition coefficient (Wildman–Crippen LogP) is 1.68. The minimum atomic E-state index is -3.90. The highest BCUT2D eigenvalue weighted by Gasteiger charge is 2.32. The van der Waals surface area contributed by atoms with Gasteiger partial charge < -0.3 is 5.32 Å². The quantitative estimate of drug-likeness (QED) is 0.885. The van der Waals surface area contributed by atoms with E-state index in [1.165, 1.54) is 12.1 Å². The van der Waals surface area contributed by atoms with E-state index in [1.807, 2.05) is 0 Å². The lowest BCUT2D eigenvalue weighted by atomic mass is 10.1. The van der Waals surface area contributed by atoms with Crippen LogP contribution in [0.15, 0.2) is 17.0 Å². The first-order valence-corrected chi connectivity index (χ1v) is 8.23. The van der Waals surface area contributed by atoms with Crippen LogP contribution in [0.3, 0.4) is 0 Å². The maximum atomic E-state index is 12.0. The molecule has 1 aromatic rings. The van der Waals surface area contributed by atoms with Crippen molar-refractivity contribution in [1.29, 1.82) is 0 Å². The number of amides is 1. The topological polar surface area (TPSA) is 89.3 Å². The second kappa shape index (κ2) is 5.35. The van der Waals surface area contributed by atoms with Crippen LogP contribution in [0.1, 0.15) is 29.3 Å². The summed E-state index contributed by atoms with van der Waals surface area (Å²) in [6.07, 6.45) is 1.11. The van der Waals surface area contributed by atoms with Gasteiger partial charge in [0.15, 0.2) is 0 Å². The van der Waals surface area contributed by atoms with Crippen LogP contribution < -0.4 is 10.5 Å². The van der Waals surface area contributed by atoms with Gasteiger partial charge >= 0.3 is 0 Å². The molecule has 7 heteroatoms. The largest absolute Gasteiger partial charge is 0.352 e. The zero-order valence-electron chi connectivity index (χ0n) is 11.3. The van der Waals surface area contributed by atoms with Crippen LogP contribution in [0.25, 0.3) is 0 Å². The summed E-state index contributed by atoms with van der Waals surface area (Å²) in [7, 11) is -3.90. The summed E-state index contributed by atoms with van der Waals surface area (Å²) in [6, 6.07) is 2.72. The average molecular weight is 317 g/mol. The second-order valence-electron chi connectivity index (χ2n) is 5.31. The molecule has 1 aliphatic carbocycles. The van der Waals surface area contributed by atoms with E-state index in [0.29, 0.717) is 23.9 Å². The van der Waals surface area contributed by atoms with Gasteiger partial charge in [-0.2, -0.15) is 0 Å². The number of benzene rings is 1. The number of hydrogen-bond acceptors (Lipinski definition) is 3. The Morgan fingerprint density at radius 2 is 2.10 bits per heavy atom. The van der Waals surface area contributed by atoms with Crippen LogP contribution in [0, 0.1) is 18.8 Å². The van der Waals surface area contributed by atoms with Gasteiger partial charge in [-0.25, -0.2) is 13.6 Å². The van der Waals surface area contributed by atoms with Crippen molar-refractivity contribution >= 4 is 27.5 Å². The Morgan fingerprint density at radius 1 is 1.50 bits per heavy atom. The molecule has 2 rings (SSSR count). The Kier molecular flexibility index (Phi) is 4.09. The number of primary sulfonamides is 1. The van der Waals surface area contributed by atoms with Gasteiger partial charge in [-0.05, 0) is 42.9 Å². The fourth-order valence-corrected chi connectivity index (χ4v) is 3.19. The number of nitrogens with two attached hydrogens (primary N) is 1. The highest BCUT2D eigenvalue weighted by Crippen LogP contribution is 2.36. The standard InChI is InChI=1S/C13H17ClN2O3S/c1-7-3-10(7)6-16-13(17)9-4-11(14)8(2)12(5-9)20(15,18)19/h4-5,7,10H,3,6H2,1-2H3,(H,16,17)(H2,15,18,19). The molecule has 2 atom stereocenters. The number of carbonyl (C=O) groups excluding carboxylic acids is 1. The summed E-state index contributed by atoms with van der Waals surface area (Å²) in [4.78, 5) is 11.9. The van der Waals surface area contributed by atoms with Gasteiger partial charge in [-0.3, -0.25) is 4.79 Å². The molecule has 0 saturated heterocycles. The Hall–Kier alpha value is -1.11. The number of hydrogen-bond donors (Lipinski definition) is 2. The van der Waals surface area contributed by atoms with Gasteiger partial charge in [-0.15, -0.1) is 0 Å². The van der Waals surface area contributed by atoms with E-state index in [-0.39, 0.29) is 21.4 Å². The Morgan fingerprint density at radius 3 is 2.60 bits per heavy atom. The van der Waals surface area contributed by atoms with Gasteiger partial charge in [0, 0.05) is 17.1 Å². The molecule has 1 aliphatic rings. The highest BCUT2D eigenvalue weighted by atomic mass is 35.5. The first-order valence-electron chi connectivity index (χ1n) is 6.31. The summed E-state index contributed by atoms with van der Waals surface area (Å²) in [5.74, 6) is 0.811. The number of rotatable bonds is 4. The second-order valence-corrected chi connectivity index (χ2v) is 7.25. The molecule has 0 radical (unpaired) electrons. The van der Waals surface area contributed by atoms with Crippen molar-refractivity contribution in [2.75, 3.05) is 6.54 Å². The van der Waals surface area contributed by atoms with E-state index in [2.05, 4.69) is 12.2 Å². The Balaban J connectivity index is 2.23. The first kappa shape index (κ1) is 15.3. The monoisotopic (exact) mass is 316 g/mol. The van der Waals surface area contributed by atoms with E-state index in [4.69, 9.17) is 16.7 Å². The molecule has 0 bridgehead atoms. The summed E-state index contributed by atoms with van der Waals surface area (Å²) >= 11 is 5.97. The minimum absolute atomic E-state index is 0.116. The molecule has 2 unspecified atom stereocenters. The maximum Gasteiger partial charge on any atom is 0.251 e. The van der Waals surface area contributed by atoms with Gasteiger partial charge in [0.1, 0.15) is 0 Å². The molecule has 0 aromatic heterocycles.